The van der Waals surface area contributed by atoms with Gasteiger partial charge in [-0.05, 0) is 83.7 Å². The van der Waals surface area contributed by atoms with Crippen LogP contribution >= 0.6 is 0 Å². The van der Waals surface area contributed by atoms with E-state index in [-0.39, 0.29) is 48.1 Å². The molecule has 0 aliphatic heterocycles. The van der Waals surface area contributed by atoms with Gasteiger partial charge in [-0.1, -0.05) is 12.1 Å². The smallest absolute Gasteiger partial charge is 0.407 e. The predicted molar refractivity (Wildman–Crippen MR) is 184 cm³/mol. The number of benzene rings is 2. The molecule has 0 spiro atoms. The number of alkyl carbamates (subject to hydrolysis) is 1. The Hall–Kier alpha value is -5.60. The molecule has 0 fully saturated rings. The second-order valence-corrected chi connectivity index (χ2v) is 12.4. The summed E-state index contributed by atoms with van der Waals surface area (Å²) < 4.78 is 15.7. The summed E-state index contributed by atoms with van der Waals surface area (Å²) >= 11 is 0. The zero-order valence-electron chi connectivity index (χ0n) is 29.2. The highest BCUT2D eigenvalue weighted by Gasteiger charge is 2.26. The molecule has 1 unspecified atom stereocenters. The minimum Gasteiger partial charge on any atom is -0.508 e. The number of hydrogen-bond acceptors (Lipinski definition) is 12. The van der Waals surface area contributed by atoms with E-state index in [1.807, 2.05) is 6.07 Å². The van der Waals surface area contributed by atoms with Crippen LogP contribution in [0.3, 0.4) is 0 Å². The molecule has 15 nitrogen and oxygen atoms in total. The molecule has 2 aromatic carbocycles. The molecule has 0 radical (unpaired) electrons. The SMILES string of the molecule is COC(=O)C(CNC(=O)c1cc(O)cc(OCCCNC(=O)OC(C)(C)C)c1)NC(=O)c1c(C)nc(NCCCc2cccc(O)c2)nc1C. The molecular weight excluding hydrogens is 648 g/mol. The highest BCUT2D eigenvalue weighted by atomic mass is 16.6. The summed E-state index contributed by atoms with van der Waals surface area (Å²) in [5, 5.41) is 30.7. The van der Waals surface area contributed by atoms with Crippen molar-refractivity contribution in [1.29, 1.82) is 0 Å². The molecule has 50 heavy (non-hydrogen) atoms. The molecular formula is C35H46N6O9. The summed E-state index contributed by atoms with van der Waals surface area (Å²) in [6.45, 7) is 9.28. The number of ether oxygens (including phenoxy) is 3. The van der Waals surface area contributed by atoms with Gasteiger partial charge in [0.05, 0.1) is 30.7 Å². The maximum Gasteiger partial charge on any atom is 0.407 e. The molecule has 0 aliphatic carbocycles. The lowest BCUT2D eigenvalue weighted by Gasteiger charge is -2.19. The summed E-state index contributed by atoms with van der Waals surface area (Å²) in [7, 11) is 1.16. The molecule has 3 rings (SSSR count). The Morgan fingerprint density at radius 3 is 2.26 bits per heavy atom. The topological polar surface area (TPSA) is 210 Å². The Kier molecular flexibility index (Phi) is 14.2. The first-order valence-electron chi connectivity index (χ1n) is 16.1. The zero-order chi connectivity index (χ0) is 36.8. The molecule has 6 N–H and O–H groups in total. The largest absolute Gasteiger partial charge is 0.508 e. The van der Waals surface area contributed by atoms with E-state index in [0.717, 1.165) is 25.5 Å². The number of nitrogens with zero attached hydrogens (tertiary/aromatic N) is 2. The number of phenolic OH excluding ortho intramolecular Hbond substituents is 2. The average Bonchev–Trinajstić information content (AvgIpc) is 3.03. The molecule has 1 atom stereocenters. The van der Waals surface area contributed by atoms with Crippen LogP contribution in [-0.2, 0) is 20.7 Å². The second kappa shape index (κ2) is 18.2. The van der Waals surface area contributed by atoms with E-state index in [9.17, 15) is 29.4 Å². The van der Waals surface area contributed by atoms with E-state index in [1.54, 1.807) is 52.8 Å². The van der Waals surface area contributed by atoms with E-state index in [2.05, 4.69) is 31.2 Å². The van der Waals surface area contributed by atoms with Crippen LogP contribution in [0.1, 0.15) is 71.3 Å². The van der Waals surface area contributed by atoms with Crippen molar-refractivity contribution in [2.24, 2.45) is 0 Å². The Morgan fingerprint density at radius 1 is 0.880 bits per heavy atom. The van der Waals surface area contributed by atoms with Gasteiger partial charge in [-0.3, -0.25) is 9.59 Å². The van der Waals surface area contributed by atoms with Gasteiger partial charge in [0, 0.05) is 31.3 Å². The molecule has 1 aromatic heterocycles. The Morgan fingerprint density at radius 2 is 1.60 bits per heavy atom. The molecule has 15 heteroatoms. The van der Waals surface area contributed by atoms with Gasteiger partial charge < -0.3 is 45.7 Å². The van der Waals surface area contributed by atoms with Crippen LogP contribution in [-0.4, -0.2) is 89.1 Å². The van der Waals surface area contributed by atoms with Gasteiger partial charge >= 0.3 is 12.1 Å². The molecule has 0 aliphatic rings. The number of anilines is 1. The highest BCUT2D eigenvalue weighted by molar-refractivity contribution is 5.99. The highest BCUT2D eigenvalue weighted by Crippen LogP contribution is 2.22. The third-order valence-corrected chi connectivity index (χ3v) is 7.00. The maximum absolute atomic E-state index is 13.3. The summed E-state index contributed by atoms with van der Waals surface area (Å²) in [5.41, 5.74) is 1.37. The summed E-state index contributed by atoms with van der Waals surface area (Å²) in [6, 6.07) is 9.77. The first-order chi connectivity index (χ1) is 23.6. The number of aromatic hydroxyl groups is 2. The quantitative estimate of drug-likeness (QED) is 0.0940. The third kappa shape index (κ3) is 12.8. The van der Waals surface area contributed by atoms with Crippen LogP contribution in [0.15, 0.2) is 42.5 Å². The lowest BCUT2D eigenvalue weighted by Crippen LogP contribution is -2.49. The Labute approximate surface area is 291 Å². The van der Waals surface area contributed by atoms with E-state index in [4.69, 9.17) is 14.2 Å². The number of amides is 3. The number of aromatic nitrogens is 2. The van der Waals surface area contributed by atoms with Gasteiger partial charge in [0.2, 0.25) is 5.95 Å². The Balaban J connectivity index is 1.54. The fourth-order valence-corrected chi connectivity index (χ4v) is 4.76. The van der Waals surface area contributed by atoms with Crippen LogP contribution in [0.25, 0.3) is 0 Å². The molecule has 0 bridgehead atoms. The number of rotatable bonds is 16. The van der Waals surface area contributed by atoms with Gasteiger partial charge in [-0.15, -0.1) is 0 Å². The van der Waals surface area contributed by atoms with Crippen molar-refractivity contribution in [3.63, 3.8) is 0 Å². The van der Waals surface area contributed by atoms with Gasteiger partial charge in [0.15, 0.2) is 0 Å². The molecule has 3 aromatic rings. The summed E-state index contributed by atoms with van der Waals surface area (Å²) in [6.07, 6.45) is 1.38. The third-order valence-electron chi connectivity index (χ3n) is 7.00. The van der Waals surface area contributed by atoms with E-state index in [0.29, 0.717) is 30.3 Å². The van der Waals surface area contributed by atoms with Crippen molar-refractivity contribution < 1.29 is 43.6 Å². The van der Waals surface area contributed by atoms with Crippen LogP contribution in [0, 0.1) is 13.8 Å². The molecule has 3 amide bonds. The fraction of sp³-hybridized carbons (Fsp3) is 0.429. The molecule has 270 valence electrons. The summed E-state index contributed by atoms with van der Waals surface area (Å²) in [5.74, 6) is -1.52. The van der Waals surface area contributed by atoms with Crippen molar-refractivity contribution in [2.75, 3.05) is 38.7 Å². The van der Waals surface area contributed by atoms with E-state index < -0.39 is 35.5 Å². The van der Waals surface area contributed by atoms with Crippen molar-refractivity contribution in [2.45, 2.75) is 65.5 Å². The standard InChI is InChI=1S/C35H46N6O9/c1-21-29(22(2)40-33(39-21)36-13-8-11-23-10-7-12-25(42)16-23)31(45)41-28(32(46)48-6)20-38-30(44)24-17-26(43)19-27(18-24)49-15-9-14-37-34(47)50-35(3,4)5/h7,10,12,16-19,28,42-43H,8-9,11,13-15,20H2,1-6H3,(H,37,47)(H,38,44)(H,41,45)(H,36,39,40). The zero-order valence-corrected chi connectivity index (χ0v) is 29.2. The molecule has 0 saturated carbocycles. The van der Waals surface area contributed by atoms with Gasteiger partial charge in [0.1, 0.15) is 28.9 Å². The number of nitrogens with one attached hydrogen (secondary N) is 4. The number of methoxy groups -OCH3 is 1. The monoisotopic (exact) mass is 694 g/mol. The van der Waals surface area contributed by atoms with Crippen molar-refractivity contribution in [3.05, 3.63) is 70.5 Å². The minimum absolute atomic E-state index is 0.0481. The predicted octanol–water partition coefficient (Wildman–Crippen LogP) is 3.54. The molecule has 0 saturated heterocycles. The van der Waals surface area contributed by atoms with E-state index >= 15 is 0 Å². The van der Waals surface area contributed by atoms with Crippen LogP contribution in [0.4, 0.5) is 10.7 Å². The number of aryl methyl sites for hydroxylation is 3. The van der Waals surface area contributed by atoms with Crippen LogP contribution < -0.4 is 26.0 Å². The number of carbonyl (C=O) groups excluding carboxylic acids is 4. The number of esters is 1. The second-order valence-electron chi connectivity index (χ2n) is 12.4. The average molecular weight is 695 g/mol. The minimum atomic E-state index is -1.25. The lowest BCUT2D eigenvalue weighted by molar-refractivity contribution is -0.142. The van der Waals surface area contributed by atoms with Gasteiger partial charge in [0.25, 0.3) is 11.8 Å². The van der Waals surface area contributed by atoms with Crippen molar-refractivity contribution >= 4 is 29.8 Å². The van der Waals surface area contributed by atoms with E-state index in [1.165, 1.54) is 18.2 Å². The number of phenols is 2. The van der Waals surface area contributed by atoms with Crippen LogP contribution in [0.5, 0.6) is 17.2 Å². The van der Waals surface area contributed by atoms with Crippen molar-refractivity contribution in [3.8, 4) is 17.2 Å². The number of carbonyl (C=O) groups is 4. The molecule has 1 heterocycles. The maximum atomic E-state index is 13.3. The van der Waals surface area contributed by atoms with Gasteiger partial charge in [-0.2, -0.15) is 0 Å². The van der Waals surface area contributed by atoms with Crippen molar-refractivity contribution in [1.82, 2.24) is 25.9 Å². The summed E-state index contributed by atoms with van der Waals surface area (Å²) in [4.78, 5) is 59.4. The lowest BCUT2D eigenvalue weighted by atomic mass is 10.1. The normalized spacial score (nSPS) is 11.6. The van der Waals surface area contributed by atoms with Crippen LogP contribution in [0.2, 0.25) is 0 Å². The first-order valence-corrected chi connectivity index (χ1v) is 16.1. The fourth-order valence-electron chi connectivity index (χ4n) is 4.76. The number of hydrogen-bond donors (Lipinski definition) is 6. The first kappa shape index (κ1) is 38.8. The van der Waals surface area contributed by atoms with Gasteiger partial charge in [-0.25, -0.2) is 19.6 Å². The Bertz CT molecular complexity index is 1630.